The van der Waals surface area contributed by atoms with Crippen LogP contribution in [0.1, 0.15) is 28.6 Å². The number of H-pyrrole nitrogens is 1. The first-order valence-electron chi connectivity index (χ1n) is 10.6. The lowest BCUT2D eigenvalue weighted by atomic mass is 9.95. The van der Waals surface area contributed by atoms with Gasteiger partial charge in [-0.05, 0) is 17.7 Å². The maximum absolute atomic E-state index is 15.0. The number of aromatic amines is 1. The third kappa shape index (κ3) is 4.67. The number of hydrogen-bond donors (Lipinski definition) is 2. The molecule has 2 amide bonds. The van der Waals surface area contributed by atoms with Crippen molar-refractivity contribution in [2.24, 2.45) is 0 Å². The molecule has 2 N–H and O–H groups in total. The van der Waals surface area contributed by atoms with E-state index in [9.17, 15) is 9.59 Å². The summed E-state index contributed by atoms with van der Waals surface area (Å²) < 4.78 is 25.1. The molecule has 0 saturated heterocycles. The van der Waals surface area contributed by atoms with Gasteiger partial charge in [-0.1, -0.05) is 30.3 Å². The molecule has 0 bridgehead atoms. The summed E-state index contributed by atoms with van der Waals surface area (Å²) in [6.45, 7) is 0.316. The molecular formula is C24H25FN4O4. The molecule has 0 radical (unpaired) electrons. The molecule has 0 unspecified atom stereocenters. The van der Waals surface area contributed by atoms with Crippen molar-refractivity contribution in [3.05, 3.63) is 83.2 Å². The maximum atomic E-state index is 15.0. The molecule has 1 aliphatic rings. The number of ether oxygens (including phenoxy) is 2. The molecular weight excluding hydrogens is 427 g/mol. The third-order valence-corrected chi connectivity index (χ3v) is 5.75. The zero-order valence-corrected chi connectivity index (χ0v) is 18.4. The van der Waals surface area contributed by atoms with Gasteiger partial charge in [0.05, 0.1) is 26.2 Å². The van der Waals surface area contributed by atoms with E-state index >= 15 is 4.39 Å². The van der Waals surface area contributed by atoms with Gasteiger partial charge < -0.3 is 24.7 Å². The Morgan fingerprint density at radius 2 is 2.03 bits per heavy atom. The second-order valence-electron chi connectivity index (χ2n) is 7.71. The van der Waals surface area contributed by atoms with Gasteiger partial charge in [-0.3, -0.25) is 0 Å². The third-order valence-electron chi connectivity index (χ3n) is 5.75. The number of methoxy groups -OCH3 is 2. The Bertz CT molecular complexity index is 1130. The van der Waals surface area contributed by atoms with Crippen LogP contribution in [0.3, 0.4) is 0 Å². The predicted molar refractivity (Wildman–Crippen MR) is 118 cm³/mol. The molecule has 8 nitrogen and oxygen atoms in total. The Morgan fingerprint density at radius 1 is 1.24 bits per heavy atom. The van der Waals surface area contributed by atoms with Crippen LogP contribution in [0.2, 0.25) is 0 Å². The van der Waals surface area contributed by atoms with Gasteiger partial charge in [-0.2, -0.15) is 0 Å². The number of carbonyl (C=O) groups is 2. The molecule has 1 aliphatic heterocycles. The normalized spacial score (nSPS) is 16.0. The molecule has 3 aromatic rings. The summed E-state index contributed by atoms with van der Waals surface area (Å²) in [5.41, 5.74) is 2.57. The second-order valence-corrected chi connectivity index (χ2v) is 7.71. The zero-order valence-electron chi connectivity index (χ0n) is 18.4. The number of nitrogens with zero attached hydrogens (tertiary/aromatic N) is 2. The quantitative estimate of drug-likeness (QED) is 0.561. The number of fused-ring (bicyclic) bond motifs is 1. The molecule has 9 heteroatoms. The first-order valence-corrected chi connectivity index (χ1v) is 10.6. The van der Waals surface area contributed by atoms with E-state index in [1.807, 2.05) is 30.3 Å². The van der Waals surface area contributed by atoms with Crippen LogP contribution in [-0.4, -0.2) is 53.7 Å². The largest absolute Gasteiger partial charge is 0.497 e. The van der Waals surface area contributed by atoms with Gasteiger partial charge in [0.1, 0.15) is 23.7 Å². The van der Waals surface area contributed by atoms with Crippen molar-refractivity contribution in [1.82, 2.24) is 20.2 Å². The highest BCUT2D eigenvalue weighted by Gasteiger charge is 2.37. The standard InChI is InChI=1S/C24H25FN4O4/c1-32-16-8-9-17(18(25)13-16)22-21-19(26-14-27-21)10-11-29(22)24(31)28-20(23(30)33-2)12-15-6-4-3-5-7-15/h3-9,13-14,20,22H,10-12H2,1-2H3,(H,26,27)(H,28,31)/t20-,22-/m0/s1. The smallest absolute Gasteiger partial charge is 0.328 e. The number of imidazole rings is 1. The van der Waals surface area contributed by atoms with Crippen LogP contribution >= 0.6 is 0 Å². The highest BCUT2D eigenvalue weighted by Crippen LogP contribution is 2.35. The van der Waals surface area contributed by atoms with Gasteiger partial charge in [0.25, 0.3) is 0 Å². The Hall–Kier alpha value is -3.88. The summed E-state index contributed by atoms with van der Waals surface area (Å²) >= 11 is 0. The van der Waals surface area contributed by atoms with Crippen LogP contribution in [-0.2, 0) is 22.4 Å². The molecule has 2 heterocycles. The van der Waals surface area contributed by atoms with E-state index in [-0.39, 0.29) is 12.0 Å². The number of esters is 1. The van der Waals surface area contributed by atoms with Gasteiger partial charge in [-0.25, -0.2) is 19.0 Å². The molecule has 172 valence electrons. The van der Waals surface area contributed by atoms with Crippen molar-refractivity contribution in [3.63, 3.8) is 0 Å². The molecule has 4 rings (SSSR count). The van der Waals surface area contributed by atoms with Gasteiger partial charge in [0.2, 0.25) is 0 Å². The summed E-state index contributed by atoms with van der Waals surface area (Å²) in [6, 6.07) is 11.7. The zero-order chi connectivity index (χ0) is 23.4. The maximum Gasteiger partial charge on any atom is 0.328 e. The highest BCUT2D eigenvalue weighted by atomic mass is 19.1. The van der Waals surface area contributed by atoms with Crippen LogP contribution in [0, 0.1) is 5.82 Å². The van der Waals surface area contributed by atoms with Gasteiger partial charge >= 0.3 is 12.0 Å². The van der Waals surface area contributed by atoms with Crippen molar-refractivity contribution < 1.29 is 23.5 Å². The number of hydrogen-bond acceptors (Lipinski definition) is 5. The Balaban J connectivity index is 1.64. The average Bonchev–Trinajstić information content (AvgIpc) is 3.32. The van der Waals surface area contributed by atoms with E-state index in [1.54, 1.807) is 12.1 Å². The van der Waals surface area contributed by atoms with Crippen molar-refractivity contribution in [1.29, 1.82) is 0 Å². The summed E-state index contributed by atoms with van der Waals surface area (Å²) in [4.78, 5) is 34.7. The van der Waals surface area contributed by atoms with Crippen LogP contribution in [0.15, 0.2) is 54.9 Å². The van der Waals surface area contributed by atoms with E-state index < -0.39 is 29.9 Å². The number of nitrogens with one attached hydrogen (secondary N) is 2. The number of benzene rings is 2. The summed E-state index contributed by atoms with van der Waals surface area (Å²) in [5.74, 6) is -0.697. The van der Waals surface area contributed by atoms with Crippen LogP contribution < -0.4 is 10.1 Å². The number of urea groups is 1. The van der Waals surface area contributed by atoms with Crippen LogP contribution in [0.5, 0.6) is 5.75 Å². The highest BCUT2D eigenvalue weighted by molar-refractivity contribution is 5.84. The average molecular weight is 452 g/mol. The fraction of sp³-hybridized carbons (Fsp3) is 0.292. The molecule has 0 spiro atoms. The van der Waals surface area contributed by atoms with E-state index in [4.69, 9.17) is 9.47 Å². The molecule has 33 heavy (non-hydrogen) atoms. The first kappa shape index (κ1) is 22.3. The number of halogens is 1. The molecule has 2 atom stereocenters. The monoisotopic (exact) mass is 452 g/mol. The minimum absolute atomic E-state index is 0.266. The number of rotatable bonds is 6. The van der Waals surface area contributed by atoms with Crippen LogP contribution in [0.4, 0.5) is 9.18 Å². The van der Waals surface area contributed by atoms with Gasteiger partial charge in [0, 0.05) is 36.7 Å². The minimum Gasteiger partial charge on any atom is -0.497 e. The first-order chi connectivity index (χ1) is 16.0. The van der Waals surface area contributed by atoms with Crippen LogP contribution in [0.25, 0.3) is 0 Å². The van der Waals surface area contributed by atoms with Gasteiger partial charge in [0.15, 0.2) is 0 Å². The van der Waals surface area contributed by atoms with Gasteiger partial charge in [-0.15, -0.1) is 0 Å². The topological polar surface area (TPSA) is 96.6 Å². The molecule has 0 saturated carbocycles. The van der Waals surface area contributed by atoms with Crippen molar-refractivity contribution >= 4 is 12.0 Å². The number of carbonyl (C=O) groups excluding carboxylic acids is 2. The fourth-order valence-electron chi connectivity index (χ4n) is 4.08. The summed E-state index contributed by atoms with van der Waals surface area (Å²) in [7, 11) is 2.74. The lowest BCUT2D eigenvalue weighted by Gasteiger charge is -2.36. The Kier molecular flexibility index (Phi) is 6.58. The van der Waals surface area contributed by atoms with Crippen molar-refractivity contribution in [2.75, 3.05) is 20.8 Å². The van der Waals surface area contributed by atoms with E-state index in [0.29, 0.717) is 24.4 Å². The molecule has 0 aliphatic carbocycles. The Morgan fingerprint density at radius 3 is 2.73 bits per heavy atom. The van der Waals surface area contributed by atoms with E-state index in [0.717, 1.165) is 11.3 Å². The number of aromatic nitrogens is 2. The lowest BCUT2D eigenvalue weighted by molar-refractivity contribution is -0.142. The summed E-state index contributed by atoms with van der Waals surface area (Å²) in [5, 5.41) is 2.78. The SMILES string of the molecule is COC(=O)[C@H](Cc1ccccc1)NC(=O)N1CCc2[nH]cnc2[C@@H]1c1ccc(OC)cc1F. The van der Waals surface area contributed by atoms with Crippen molar-refractivity contribution in [2.45, 2.75) is 24.9 Å². The molecule has 2 aromatic carbocycles. The van der Waals surface area contributed by atoms with E-state index in [2.05, 4.69) is 15.3 Å². The molecule has 1 aromatic heterocycles. The minimum atomic E-state index is -0.896. The van der Waals surface area contributed by atoms with E-state index in [1.165, 1.54) is 31.5 Å². The number of amides is 2. The van der Waals surface area contributed by atoms with Crippen molar-refractivity contribution in [3.8, 4) is 5.75 Å². The second kappa shape index (κ2) is 9.72. The fourth-order valence-corrected chi connectivity index (χ4v) is 4.08. The Labute approximate surface area is 190 Å². The predicted octanol–water partition coefficient (Wildman–Crippen LogP) is 3.00. The lowest BCUT2D eigenvalue weighted by Crippen LogP contribution is -2.52. The summed E-state index contributed by atoms with van der Waals surface area (Å²) in [6.07, 6.45) is 2.33. The molecule has 0 fully saturated rings.